The van der Waals surface area contributed by atoms with Crippen LogP contribution in [0.5, 0.6) is 0 Å². The molecule has 0 spiro atoms. The molecule has 1 N–H and O–H groups in total. The number of nitrogens with zero attached hydrogens (tertiary/aromatic N) is 1. The van der Waals surface area contributed by atoms with Gasteiger partial charge < -0.3 is 10.0 Å². The van der Waals surface area contributed by atoms with Crippen LogP contribution in [0.2, 0.25) is 0 Å². The van der Waals surface area contributed by atoms with E-state index < -0.39 is 23.9 Å². The van der Waals surface area contributed by atoms with E-state index in [0.29, 0.717) is 0 Å². The second-order valence-corrected chi connectivity index (χ2v) is 6.14. The van der Waals surface area contributed by atoms with Gasteiger partial charge in [-0.15, -0.1) is 0 Å². The minimum atomic E-state index is -4.48. The highest BCUT2D eigenvalue weighted by atomic mass is 19.4. The second kappa shape index (κ2) is 6.00. The van der Waals surface area contributed by atoms with Gasteiger partial charge in [0.15, 0.2) is 0 Å². The van der Waals surface area contributed by atoms with Crippen LogP contribution in [0.25, 0.3) is 0 Å². The van der Waals surface area contributed by atoms with E-state index in [0.717, 1.165) is 30.9 Å². The highest BCUT2D eigenvalue weighted by Crippen LogP contribution is 2.40. The molecule has 0 aromatic heterocycles. The molecule has 0 unspecified atom stereocenters. The van der Waals surface area contributed by atoms with Crippen LogP contribution >= 0.6 is 0 Å². The van der Waals surface area contributed by atoms with Gasteiger partial charge >= 0.3 is 6.18 Å². The number of hydrogen-bond acceptors (Lipinski definition) is 2. The van der Waals surface area contributed by atoms with Crippen molar-refractivity contribution in [3.8, 4) is 0 Å². The predicted molar refractivity (Wildman–Crippen MR) is 78.5 cm³/mol. The molecule has 1 aromatic carbocycles. The van der Waals surface area contributed by atoms with Crippen molar-refractivity contribution in [1.29, 1.82) is 0 Å². The number of aliphatic hydroxyl groups is 1. The maximum atomic E-state index is 13.2. The highest BCUT2D eigenvalue weighted by Gasteiger charge is 2.41. The SMILES string of the molecule is O=C(C=C1CCC1)N1C[C@H](O)C[C@H]1c1ccccc1C(F)(F)F. The number of benzene rings is 1. The summed E-state index contributed by atoms with van der Waals surface area (Å²) in [6, 6.07) is 4.53. The molecular formula is C17H18F3NO2. The zero-order valence-corrected chi connectivity index (χ0v) is 12.5. The maximum absolute atomic E-state index is 13.2. The zero-order chi connectivity index (χ0) is 16.6. The Balaban J connectivity index is 1.92. The summed E-state index contributed by atoms with van der Waals surface area (Å²) in [5.41, 5.74) is 0.337. The third kappa shape index (κ3) is 3.27. The van der Waals surface area contributed by atoms with Gasteiger partial charge in [-0.3, -0.25) is 4.79 Å². The molecule has 6 heteroatoms. The third-order valence-electron chi connectivity index (χ3n) is 4.51. The van der Waals surface area contributed by atoms with E-state index >= 15 is 0 Å². The summed E-state index contributed by atoms with van der Waals surface area (Å²) in [5.74, 6) is -0.307. The van der Waals surface area contributed by atoms with Crippen LogP contribution in [-0.2, 0) is 11.0 Å². The number of halogens is 3. The largest absolute Gasteiger partial charge is 0.416 e. The molecule has 23 heavy (non-hydrogen) atoms. The Bertz CT molecular complexity index is 633. The number of carbonyl (C=O) groups excluding carboxylic acids is 1. The summed E-state index contributed by atoms with van der Waals surface area (Å²) in [7, 11) is 0. The fraction of sp³-hybridized carbons (Fsp3) is 0.471. The van der Waals surface area contributed by atoms with Crippen LogP contribution in [0.3, 0.4) is 0 Å². The van der Waals surface area contributed by atoms with Crippen LogP contribution < -0.4 is 0 Å². The molecule has 3 rings (SSSR count). The van der Waals surface area contributed by atoms with Gasteiger partial charge in [0, 0.05) is 12.6 Å². The zero-order valence-electron chi connectivity index (χ0n) is 12.5. The molecule has 124 valence electrons. The Morgan fingerprint density at radius 1 is 1.26 bits per heavy atom. The lowest BCUT2D eigenvalue weighted by atomic mass is 9.92. The van der Waals surface area contributed by atoms with E-state index in [-0.39, 0.29) is 24.4 Å². The van der Waals surface area contributed by atoms with E-state index in [1.165, 1.54) is 29.2 Å². The molecule has 1 saturated carbocycles. The quantitative estimate of drug-likeness (QED) is 0.846. The van der Waals surface area contributed by atoms with Crippen molar-refractivity contribution in [2.75, 3.05) is 6.54 Å². The van der Waals surface area contributed by atoms with E-state index in [2.05, 4.69) is 0 Å². The van der Waals surface area contributed by atoms with Crippen LogP contribution in [0, 0.1) is 0 Å². The summed E-state index contributed by atoms with van der Waals surface area (Å²) in [5, 5.41) is 9.88. The van der Waals surface area contributed by atoms with Gasteiger partial charge in [0.05, 0.1) is 17.7 Å². The lowest BCUT2D eigenvalue weighted by molar-refractivity contribution is -0.139. The number of carbonyl (C=O) groups is 1. The molecule has 0 bridgehead atoms. The minimum absolute atomic E-state index is 0.0527. The average molecular weight is 325 g/mol. The van der Waals surface area contributed by atoms with E-state index in [1.807, 2.05) is 0 Å². The summed E-state index contributed by atoms with van der Waals surface area (Å²) in [6.07, 6.45) is -0.858. The normalized spacial score (nSPS) is 24.5. The van der Waals surface area contributed by atoms with Gasteiger partial charge in [0.2, 0.25) is 5.91 Å². The molecule has 1 saturated heterocycles. The lowest BCUT2D eigenvalue weighted by Crippen LogP contribution is -2.31. The average Bonchev–Trinajstić information content (AvgIpc) is 2.84. The molecule has 1 heterocycles. The number of alkyl halides is 3. The number of allylic oxidation sites excluding steroid dienone is 1. The Kier molecular flexibility index (Phi) is 4.19. The summed E-state index contributed by atoms with van der Waals surface area (Å²) in [6.45, 7) is 0.0689. The topological polar surface area (TPSA) is 40.5 Å². The number of rotatable bonds is 2. The number of likely N-dealkylation sites (tertiary alicyclic amines) is 1. The number of amides is 1. The van der Waals surface area contributed by atoms with Crippen molar-refractivity contribution in [2.24, 2.45) is 0 Å². The molecular weight excluding hydrogens is 307 g/mol. The summed E-state index contributed by atoms with van der Waals surface area (Å²) in [4.78, 5) is 13.8. The van der Waals surface area contributed by atoms with Crippen molar-refractivity contribution in [3.05, 3.63) is 47.0 Å². The van der Waals surface area contributed by atoms with Gasteiger partial charge in [0.25, 0.3) is 0 Å². The predicted octanol–water partition coefficient (Wildman–Crippen LogP) is 3.45. The van der Waals surface area contributed by atoms with Crippen LogP contribution in [-0.4, -0.2) is 28.6 Å². The Labute approximate surface area is 132 Å². The molecule has 0 radical (unpaired) electrons. The fourth-order valence-corrected chi connectivity index (χ4v) is 3.18. The van der Waals surface area contributed by atoms with Crippen molar-refractivity contribution in [1.82, 2.24) is 4.90 Å². The smallest absolute Gasteiger partial charge is 0.391 e. The van der Waals surface area contributed by atoms with Gasteiger partial charge in [-0.1, -0.05) is 23.8 Å². The summed E-state index contributed by atoms with van der Waals surface area (Å²) < 4.78 is 39.7. The third-order valence-corrected chi connectivity index (χ3v) is 4.51. The van der Waals surface area contributed by atoms with E-state index in [1.54, 1.807) is 0 Å². The highest BCUT2D eigenvalue weighted by molar-refractivity contribution is 5.89. The maximum Gasteiger partial charge on any atom is 0.416 e. The van der Waals surface area contributed by atoms with Gasteiger partial charge in [-0.25, -0.2) is 0 Å². The molecule has 2 atom stereocenters. The number of aliphatic hydroxyl groups excluding tert-OH is 1. The van der Waals surface area contributed by atoms with Crippen LogP contribution in [0.1, 0.15) is 42.9 Å². The fourth-order valence-electron chi connectivity index (χ4n) is 3.18. The lowest BCUT2D eigenvalue weighted by Gasteiger charge is -2.27. The van der Waals surface area contributed by atoms with Crippen LogP contribution in [0.4, 0.5) is 13.2 Å². The molecule has 3 nitrogen and oxygen atoms in total. The van der Waals surface area contributed by atoms with Crippen LogP contribution in [0.15, 0.2) is 35.9 Å². The van der Waals surface area contributed by atoms with Crippen molar-refractivity contribution >= 4 is 5.91 Å². The molecule has 1 aliphatic carbocycles. The first-order chi connectivity index (χ1) is 10.9. The Morgan fingerprint density at radius 2 is 1.96 bits per heavy atom. The van der Waals surface area contributed by atoms with Crippen molar-refractivity contribution in [3.63, 3.8) is 0 Å². The van der Waals surface area contributed by atoms with Gasteiger partial charge in [-0.2, -0.15) is 13.2 Å². The van der Waals surface area contributed by atoms with E-state index in [4.69, 9.17) is 0 Å². The Morgan fingerprint density at radius 3 is 2.57 bits per heavy atom. The second-order valence-electron chi connectivity index (χ2n) is 6.14. The number of hydrogen-bond donors (Lipinski definition) is 1. The molecule has 2 fully saturated rings. The van der Waals surface area contributed by atoms with Crippen molar-refractivity contribution in [2.45, 2.75) is 44.0 Å². The Hall–Kier alpha value is -1.82. The summed E-state index contributed by atoms with van der Waals surface area (Å²) >= 11 is 0. The standard InChI is InChI=1S/C17H18F3NO2/c18-17(19,20)14-7-2-1-6-13(14)15-9-12(22)10-21(15)16(23)8-11-4-3-5-11/h1-2,6-8,12,15,22H,3-5,9-10H2/t12-,15+/m1/s1. The molecule has 1 aromatic rings. The minimum Gasteiger partial charge on any atom is -0.391 e. The number of β-amino-alcohol motifs (C(OH)–C–C–N with tert-alkyl or cyclic N) is 1. The van der Waals surface area contributed by atoms with Gasteiger partial charge in [-0.05, 0) is 37.3 Å². The molecule has 1 amide bonds. The first kappa shape index (κ1) is 16.1. The molecule has 1 aliphatic heterocycles. The van der Waals surface area contributed by atoms with E-state index in [9.17, 15) is 23.1 Å². The van der Waals surface area contributed by atoms with Gasteiger partial charge in [0.1, 0.15) is 0 Å². The first-order valence-corrected chi connectivity index (χ1v) is 7.70. The molecule has 2 aliphatic rings. The first-order valence-electron chi connectivity index (χ1n) is 7.70. The van der Waals surface area contributed by atoms with Crippen molar-refractivity contribution < 1.29 is 23.1 Å². The monoisotopic (exact) mass is 325 g/mol.